The van der Waals surface area contributed by atoms with Gasteiger partial charge in [-0.15, -0.1) is 0 Å². The second-order valence-electron chi connectivity index (χ2n) is 3.71. The van der Waals surface area contributed by atoms with Gasteiger partial charge in [0, 0.05) is 19.8 Å². The Balaban J connectivity index is 2.07. The number of carbonyl (C=O) groups is 1. The molecular weight excluding hydrogens is 224 g/mol. The number of aromatic nitrogens is 1. The maximum Gasteiger partial charge on any atom is 0.358 e. The average Bonchev–Trinajstić information content (AvgIpc) is 2.77. The van der Waals surface area contributed by atoms with Crippen LogP contribution >= 0.6 is 0 Å². The first-order chi connectivity index (χ1) is 8.24. The first-order valence-electron chi connectivity index (χ1n) is 5.62. The Morgan fingerprint density at radius 1 is 1.53 bits per heavy atom. The molecule has 6 heteroatoms. The van der Waals surface area contributed by atoms with E-state index in [-0.39, 0.29) is 5.69 Å². The highest BCUT2D eigenvalue weighted by atomic mass is 16.5. The van der Waals surface area contributed by atoms with Gasteiger partial charge in [-0.3, -0.25) is 0 Å². The first kappa shape index (κ1) is 13.7. The largest absolute Gasteiger partial charge is 0.476 e. The maximum absolute atomic E-state index is 10.5. The zero-order valence-corrected chi connectivity index (χ0v) is 9.94. The summed E-state index contributed by atoms with van der Waals surface area (Å²) < 4.78 is 9.80. The van der Waals surface area contributed by atoms with Crippen LogP contribution in [0.3, 0.4) is 0 Å². The van der Waals surface area contributed by atoms with Gasteiger partial charge in [0.2, 0.25) is 0 Å². The Kier molecular flexibility index (Phi) is 6.27. The highest BCUT2D eigenvalue weighted by Gasteiger charge is 2.09. The first-order valence-corrected chi connectivity index (χ1v) is 5.62. The zero-order valence-electron chi connectivity index (χ0n) is 9.94. The highest BCUT2D eigenvalue weighted by Crippen LogP contribution is 2.03. The molecule has 0 bridgehead atoms. The van der Waals surface area contributed by atoms with E-state index in [1.807, 2.05) is 0 Å². The lowest BCUT2D eigenvalue weighted by atomic mass is 10.2. The van der Waals surface area contributed by atoms with E-state index in [0.717, 1.165) is 32.4 Å². The normalized spacial score (nSPS) is 10.6. The van der Waals surface area contributed by atoms with E-state index >= 15 is 0 Å². The minimum Gasteiger partial charge on any atom is -0.476 e. The molecule has 2 N–H and O–H groups in total. The molecule has 17 heavy (non-hydrogen) atoms. The molecule has 0 amide bonds. The van der Waals surface area contributed by atoms with Gasteiger partial charge in [-0.25, -0.2) is 4.79 Å². The van der Waals surface area contributed by atoms with Gasteiger partial charge in [0.25, 0.3) is 0 Å². The van der Waals surface area contributed by atoms with E-state index < -0.39 is 5.97 Å². The van der Waals surface area contributed by atoms with Crippen LogP contribution < -0.4 is 5.32 Å². The number of carboxylic acids is 1. The number of nitrogens with zero attached hydrogens (tertiary/aromatic N) is 1. The molecule has 0 radical (unpaired) electrons. The Hall–Kier alpha value is -1.40. The van der Waals surface area contributed by atoms with Crippen LogP contribution in [-0.2, 0) is 11.3 Å². The van der Waals surface area contributed by atoms with Crippen molar-refractivity contribution >= 4 is 5.97 Å². The molecule has 0 aliphatic heterocycles. The summed E-state index contributed by atoms with van der Waals surface area (Å²) in [5.74, 6) is -0.529. The molecule has 1 rings (SSSR count). The molecule has 0 spiro atoms. The van der Waals surface area contributed by atoms with Crippen molar-refractivity contribution in [1.29, 1.82) is 0 Å². The number of unbranched alkanes of at least 4 members (excludes halogenated alkanes) is 2. The van der Waals surface area contributed by atoms with Crippen LogP contribution in [0.25, 0.3) is 0 Å². The van der Waals surface area contributed by atoms with Gasteiger partial charge in [-0.1, -0.05) is 5.16 Å². The molecule has 1 aromatic heterocycles. The van der Waals surface area contributed by atoms with Crippen LogP contribution in [-0.4, -0.2) is 36.5 Å². The minimum absolute atomic E-state index is 0.0538. The summed E-state index contributed by atoms with van der Waals surface area (Å²) in [6.45, 7) is 2.17. The fourth-order valence-corrected chi connectivity index (χ4v) is 1.38. The molecule has 0 unspecified atom stereocenters. The Bertz CT molecular complexity index is 338. The molecule has 0 fully saturated rings. The minimum atomic E-state index is -1.07. The van der Waals surface area contributed by atoms with E-state index in [9.17, 15) is 4.79 Å². The lowest BCUT2D eigenvalue weighted by Gasteiger charge is -2.01. The number of ether oxygens (including phenoxy) is 1. The van der Waals surface area contributed by atoms with Crippen molar-refractivity contribution in [2.45, 2.75) is 25.8 Å². The number of methoxy groups -OCH3 is 1. The number of hydrogen-bond acceptors (Lipinski definition) is 5. The standard InChI is InChI=1S/C11H18N2O4/c1-16-6-4-2-3-5-12-8-9-7-10(11(14)15)13-17-9/h7,12H,2-6,8H2,1H3,(H,14,15). The summed E-state index contributed by atoms with van der Waals surface area (Å²) in [6.07, 6.45) is 3.23. The maximum atomic E-state index is 10.5. The summed E-state index contributed by atoms with van der Waals surface area (Å²) in [6, 6.07) is 1.43. The molecular formula is C11H18N2O4. The lowest BCUT2D eigenvalue weighted by molar-refractivity contribution is 0.0685. The number of rotatable bonds is 9. The van der Waals surface area contributed by atoms with Crippen molar-refractivity contribution in [2.24, 2.45) is 0 Å². The summed E-state index contributed by atoms with van der Waals surface area (Å²) in [5, 5.41) is 15.2. The van der Waals surface area contributed by atoms with Crippen molar-refractivity contribution in [3.8, 4) is 0 Å². The van der Waals surface area contributed by atoms with Crippen LogP contribution in [0.4, 0.5) is 0 Å². The summed E-state index contributed by atoms with van der Waals surface area (Å²) in [7, 11) is 1.70. The SMILES string of the molecule is COCCCCCNCc1cc(C(=O)O)no1. The molecule has 0 saturated carbocycles. The van der Waals surface area contributed by atoms with Crippen LogP contribution in [0.5, 0.6) is 0 Å². The number of carboxylic acid groups (broad SMARTS) is 1. The summed E-state index contributed by atoms with van der Waals surface area (Å²) in [4.78, 5) is 10.5. The molecule has 6 nitrogen and oxygen atoms in total. The fraction of sp³-hybridized carbons (Fsp3) is 0.636. The third-order valence-electron chi connectivity index (χ3n) is 2.28. The molecule has 96 valence electrons. The fourth-order valence-electron chi connectivity index (χ4n) is 1.38. The van der Waals surface area contributed by atoms with Crippen molar-refractivity contribution in [2.75, 3.05) is 20.3 Å². The third-order valence-corrected chi connectivity index (χ3v) is 2.28. The lowest BCUT2D eigenvalue weighted by Crippen LogP contribution is -2.14. The Morgan fingerprint density at radius 3 is 3.00 bits per heavy atom. The van der Waals surface area contributed by atoms with Crippen molar-refractivity contribution in [3.05, 3.63) is 17.5 Å². The van der Waals surface area contributed by atoms with Gasteiger partial charge in [0.05, 0.1) is 6.54 Å². The molecule has 0 atom stereocenters. The van der Waals surface area contributed by atoms with Gasteiger partial charge in [-0.2, -0.15) is 0 Å². The molecule has 0 saturated heterocycles. The van der Waals surface area contributed by atoms with E-state index in [1.54, 1.807) is 7.11 Å². The van der Waals surface area contributed by atoms with Crippen LogP contribution in [0.1, 0.15) is 35.5 Å². The Morgan fingerprint density at radius 2 is 2.35 bits per heavy atom. The molecule has 1 aromatic rings. The van der Waals surface area contributed by atoms with Crippen molar-refractivity contribution in [3.63, 3.8) is 0 Å². The average molecular weight is 242 g/mol. The molecule has 0 aliphatic carbocycles. The molecule has 0 aliphatic rings. The van der Waals surface area contributed by atoms with E-state index in [2.05, 4.69) is 10.5 Å². The zero-order chi connectivity index (χ0) is 12.5. The van der Waals surface area contributed by atoms with Crippen LogP contribution in [0, 0.1) is 0 Å². The number of hydrogen-bond donors (Lipinski definition) is 2. The highest BCUT2D eigenvalue weighted by molar-refractivity contribution is 5.85. The predicted molar refractivity (Wildman–Crippen MR) is 60.9 cm³/mol. The van der Waals surface area contributed by atoms with Crippen molar-refractivity contribution in [1.82, 2.24) is 10.5 Å². The van der Waals surface area contributed by atoms with E-state index in [4.69, 9.17) is 14.4 Å². The van der Waals surface area contributed by atoms with Gasteiger partial charge >= 0.3 is 5.97 Å². The second-order valence-corrected chi connectivity index (χ2v) is 3.71. The predicted octanol–water partition coefficient (Wildman–Crippen LogP) is 1.28. The smallest absolute Gasteiger partial charge is 0.358 e. The summed E-state index contributed by atoms with van der Waals surface area (Å²) >= 11 is 0. The quantitative estimate of drug-likeness (QED) is 0.634. The van der Waals surface area contributed by atoms with Gasteiger partial charge in [-0.05, 0) is 25.8 Å². The summed E-state index contributed by atoms with van der Waals surface area (Å²) in [5.41, 5.74) is -0.0538. The van der Waals surface area contributed by atoms with E-state index in [1.165, 1.54) is 6.07 Å². The molecule has 0 aromatic carbocycles. The number of nitrogens with one attached hydrogen (secondary N) is 1. The van der Waals surface area contributed by atoms with Gasteiger partial charge < -0.3 is 19.7 Å². The van der Waals surface area contributed by atoms with Crippen LogP contribution in [0.2, 0.25) is 0 Å². The molecule has 1 heterocycles. The van der Waals surface area contributed by atoms with Gasteiger partial charge in [0.15, 0.2) is 11.5 Å². The topological polar surface area (TPSA) is 84.6 Å². The third kappa shape index (κ3) is 5.46. The van der Waals surface area contributed by atoms with E-state index in [0.29, 0.717) is 12.3 Å². The van der Waals surface area contributed by atoms with Crippen LogP contribution in [0.15, 0.2) is 10.6 Å². The van der Waals surface area contributed by atoms with Crippen molar-refractivity contribution < 1.29 is 19.2 Å². The number of aromatic carboxylic acids is 1. The Labute approximate surface area is 99.9 Å². The van der Waals surface area contributed by atoms with Gasteiger partial charge in [0.1, 0.15) is 0 Å². The monoisotopic (exact) mass is 242 g/mol. The second kappa shape index (κ2) is 7.81.